The SMILES string of the molecule is CCCCCC(F)(F)/C=C/[C@@H]1[C@@H](C/C=C\CCCC(=O)OC)[C@@H](O[Si](c2ccccc2)(c2ccccc2)C(C)(C)C)C[C@H]1O. The van der Waals surface area contributed by atoms with Crippen LogP contribution in [-0.2, 0) is 14.0 Å². The molecule has 2 aromatic rings. The summed E-state index contributed by atoms with van der Waals surface area (Å²) in [6.45, 7) is 8.65. The lowest BCUT2D eigenvalue weighted by Crippen LogP contribution is -2.68. The Morgan fingerprint density at radius 3 is 2.14 bits per heavy atom. The molecule has 44 heavy (non-hydrogen) atoms. The standard InChI is InChI=1S/C37H52F2O4Si/c1-6-7-18-26-37(38,39)27-25-31-32(23-16-8-9-17-24-35(41)42-5)34(28-33(31)40)43-44(36(2,3)4,29-19-12-10-13-20-29)30-21-14-11-15-22-30/h8,10-16,19-22,25,27,31-34,40H,6-7,9,17-18,23-24,26,28H2,1-5H3/b16-8-,27-25+/t31-,32-,33-,34+/m1/s1. The van der Waals surface area contributed by atoms with Crippen LogP contribution in [0.1, 0.15) is 85.5 Å². The second-order valence-corrected chi connectivity index (χ2v) is 17.4. The number of rotatable bonds is 16. The molecule has 0 bridgehead atoms. The van der Waals surface area contributed by atoms with Crippen molar-refractivity contribution in [2.45, 2.75) is 109 Å². The molecule has 0 radical (unpaired) electrons. The van der Waals surface area contributed by atoms with Crippen LogP contribution < -0.4 is 10.4 Å². The quantitative estimate of drug-likeness (QED) is 0.0888. The zero-order chi connectivity index (χ0) is 32.2. The second kappa shape index (κ2) is 16.6. The van der Waals surface area contributed by atoms with Gasteiger partial charge >= 0.3 is 5.97 Å². The molecule has 0 heterocycles. The maximum Gasteiger partial charge on any atom is 0.305 e. The number of allylic oxidation sites excluding steroid dienone is 3. The van der Waals surface area contributed by atoms with Gasteiger partial charge in [-0.05, 0) is 59.5 Å². The maximum absolute atomic E-state index is 14.9. The fraction of sp³-hybridized carbons (Fsp3) is 0.541. The van der Waals surface area contributed by atoms with Crippen molar-refractivity contribution in [3.8, 4) is 0 Å². The minimum absolute atomic E-state index is 0.188. The fourth-order valence-corrected chi connectivity index (χ4v) is 11.3. The molecule has 242 valence electrons. The summed E-state index contributed by atoms with van der Waals surface area (Å²) in [6, 6.07) is 20.7. The van der Waals surface area contributed by atoms with Crippen LogP contribution >= 0.6 is 0 Å². The van der Waals surface area contributed by atoms with Crippen LogP contribution in [0.4, 0.5) is 8.78 Å². The summed E-state index contributed by atoms with van der Waals surface area (Å²) < 4.78 is 41.9. The molecule has 0 aromatic heterocycles. The molecular formula is C37H52F2O4Si. The molecule has 4 nitrogen and oxygen atoms in total. The Kier molecular flexibility index (Phi) is 13.6. The van der Waals surface area contributed by atoms with E-state index in [9.17, 15) is 18.7 Å². The first-order chi connectivity index (χ1) is 20.9. The molecule has 0 saturated heterocycles. The molecule has 2 aromatic carbocycles. The van der Waals surface area contributed by atoms with E-state index in [0.29, 0.717) is 38.5 Å². The number of aliphatic hydroxyl groups is 1. The van der Waals surface area contributed by atoms with Gasteiger partial charge in [-0.2, -0.15) is 0 Å². The van der Waals surface area contributed by atoms with Gasteiger partial charge in [-0.25, -0.2) is 8.78 Å². The van der Waals surface area contributed by atoms with Crippen molar-refractivity contribution < 1.29 is 27.8 Å². The van der Waals surface area contributed by atoms with Gasteiger partial charge in [-0.15, -0.1) is 0 Å². The maximum atomic E-state index is 14.9. The van der Waals surface area contributed by atoms with Gasteiger partial charge in [0.15, 0.2) is 0 Å². The molecule has 7 heteroatoms. The summed E-state index contributed by atoms with van der Waals surface area (Å²) >= 11 is 0. The third-order valence-corrected chi connectivity index (χ3v) is 13.9. The largest absolute Gasteiger partial charge is 0.469 e. The Hall–Kier alpha value is -2.61. The summed E-state index contributed by atoms with van der Waals surface area (Å²) in [6.07, 6.45) is 10.2. The lowest BCUT2D eigenvalue weighted by molar-refractivity contribution is -0.140. The van der Waals surface area contributed by atoms with E-state index < -0.39 is 26.3 Å². The van der Waals surface area contributed by atoms with E-state index >= 15 is 0 Å². The van der Waals surface area contributed by atoms with E-state index in [2.05, 4.69) is 51.1 Å². The molecular weight excluding hydrogens is 574 g/mol. The van der Waals surface area contributed by atoms with Gasteiger partial charge < -0.3 is 14.3 Å². The van der Waals surface area contributed by atoms with Crippen LogP contribution in [0.3, 0.4) is 0 Å². The molecule has 4 atom stereocenters. The van der Waals surface area contributed by atoms with E-state index in [0.717, 1.165) is 29.3 Å². The molecule has 1 saturated carbocycles. The van der Waals surface area contributed by atoms with Crippen molar-refractivity contribution in [1.29, 1.82) is 0 Å². The number of esters is 1. The van der Waals surface area contributed by atoms with Crippen LogP contribution in [-0.4, -0.2) is 44.6 Å². The molecule has 1 aliphatic rings. The van der Waals surface area contributed by atoms with Crippen LogP contribution in [0.5, 0.6) is 0 Å². The zero-order valence-electron chi connectivity index (χ0n) is 27.2. The number of halogens is 2. The summed E-state index contributed by atoms with van der Waals surface area (Å²) in [4.78, 5) is 11.5. The van der Waals surface area contributed by atoms with E-state index in [1.54, 1.807) is 6.08 Å². The lowest BCUT2D eigenvalue weighted by atomic mass is 9.89. The Balaban J connectivity index is 1.98. The van der Waals surface area contributed by atoms with Crippen LogP contribution in [0.15, 0.2) is 85.0 Å². The van der Waals surface area contributed by atoms with Crippen molar-refractivity contribution >= 4 is 24.7 Å². The molecule has 0 unspecified atom stereocenters. The van der Waals surface area contributed by atoms with E-state index in [4.69, 9.17) is 9.16 Å². The number of hydrogen-bond acceptors (Lipinski definition) is 4. The third-order valence-electron chi connectivity index (χ3n) is 8.87. The first-order valence-electron chi connectivity index (χ1n) is 16.2. The number of unbranched alkanes of at least 4 members (excludes halogenated alkanes) is 3. The number of carbonyl (C=O) groups excluding carboxylic acids is 1. The minimum atomic E-state index is -2.93. The predicted molar refractivity (Wildman–Crippen MR) is 178 cm³/mol. The molecule has 0 spiro atoms. The third kappa shape index (κ3) is 9.45. The fourth-order valence-electron chi connectivity index (χ4n) is 6.52. The Labute approximate surface area is 264 Å². The Bertz CT molecular complexity index is 1150. The van der Waals surface area contributed by atoms with Crippen molar-refractivity contribution in [2.75, 3.05) is 7.11 Å². The molecule has 1 fully saturated rings. The normalized spacial score (nSPS) is 21.4. The van der Waals surface area contributed by atoms with Crippen LogP contribution in [0.2, 0.25) is 5.04 Å². The highest BCUT2D eigenvalue weighted by atomic mass is 28.4. The zero-order valence-corrected chi connectivity index (χ0v) is 28.2. The monoisotopic (exact) mass is 626 g/mol. The predicted octanol–water partition coefficient (Wildman–Crippen LogP) is 7.99. The van der Waals surface area contributed by atoms with Crippen molar-refractivity contribution in [3.63, 3.8) is 0 Å². The molecule has 3 rings (SSSR count). The molecule has 0 amide bonds. The average Bonchev–Trinajstić information content (AvgIpc) is 3.29. The van der Waals surface area contributed by atoms with Crippen molar-refractivity contribution in [1.82, 2.24) is 0 Å². The highest BCUT2D eigenvalue weighted by molar-refractivity contribution is 6.99. The van der Waals surface area contributed by atoms with Gasteiger partial charge in [0.25, 0.3) is 14.2 Å². The van der Waals surface area contributed by atoms with Crippen LogP contribution in [0, 0.1) is 11.8 Å². The summed E-state index contributed by atoms with van der Waals surface area (Å²) in [5.74, 6) is -3.80. The highest BCUT2D eigenvalue weighted by Gasteiger charge is 2.54. The average molecular weight is 627 g/mol. The Morgan fingerprint density at radius 1 is 0.977 bits per heavy atom. The van der Waals surface area contributed by atoms with Crippen LogP contribution in [0.25, 0.3) is 0 Å². The number of carbonyl (C=O) groups is 1. The van der Waals surface area contributed by atoms with E-state index in [1.165, 1.54) is 7.11 Å². The minimum Gasteiger partial charge on any atom is -0.469 e. The molecule has 1 N–H and O–H groups in total. The van der Waals surface area contributed by atoms with Crippen molar-refractivity contribution in [2.24, 2.45) is 11.8 Å². The van der Waals surface area contributed by atoms with Gasteiger partial charge in [0.2, 0.25) is 0 Å². The van der Waals surface area contributed by atoms with E-state index in [1.807, 2.05) is 49.4 Å². The Morgan fingerprint density at radius 2 is 1.59 bits per heavy atom. The van der Waals surface area contributed by atoms with E-state index in [-0.39, 0.29) is 29.5 Å². The van der Waals surface area contributed by atoms with Gasteiger partial charge in [0.05, 0.1) is 19.3 Å². The van der Waals surface area contributed by atoms with Gasteiger partial charge in [-0.3, -0.25) is 4.79 Å². The summed E-state index contributed by atoms with van der Waals surface area (Å²) in [7, 11) is -1.55. The first kappa shape index (κ1) is 35.9. The van der Waals surface area contributed by atoms with Gasteiger partial charge in [0, 0.05) is 18.8 Å². The summed E-state index contributed by atoms with van der Waals surface area (Å²) in [5, 5.41) is 13.4. The topological polar surface area (TPSA) is 55.8 Å². The number of benzene rings is 2. The lowest BCUT2D eigenvalue weighted by Gasteiger charge is -2.45. The molecule has 0 aliphatic heterocycles. The number of methoxy groups -OCH3 is 1. The molecule has 1 aliphatic carbocycles. The van der Waals surface area contributed by atoms with Gasteiger partial charge in [-0.1, -0.05) is 119 Å². The first-order valence-corrected chi connectivity index (χ1v) is 18.1. The number of ether oxygens (including phenoxy) is 1. The number of alkyl halides is 2. The second-order valence-electron chi connectivity index (χ2n) is 13.1. The highest BCUT2D eigenvalue weighted by Crippen LogP contribution is 2.44. The number of aliphatic hydroxyl groups excluding tert-OH is 1. The summed E-state index contributed by atoms with van der Waals surface area (Å²) in [5.41, 5.74) is 0. The van der Waals surface area contributed by atoms with Crippen molar-refractivity contribution in [3.05, 3.63) is 85.0 Å². The van der Waals surface area contributed by atoms with Gasteiger partial charge in [0.1, 0.15) is 0 Å². The smallest absolute Gasteiger partial charge is 0.305 e. The number of hydrogen-bond donors (Lipinski definition) is 1.